The number of hydrogen-bond donors (Lipinski definition) is 0. The number of benzene rings is 18. The fourth-order valence-corrected chi connectivity index (χ4v) is 19.7. The van der Waals surface area contributed by atoms with Gasteiger partial charge in [-0.1, -0.05) is 361 Å². The molecule has 18 aromatic carbocycles. The highest BCUT2D eigenvalue weighted by atomic mass is 14.9. The van der Waals surface area contributed by atoms with Gasteiger partial charge < -0.3 is 0 Å². The minimum Gasteiger partial charge on any atom is -0.248 e. The Morgan fingerprint density at radius 2 is 0.468 bits per heavy atom. The summed E-state index contributed by atoms with van der Waals surface area (Å²) in [5.74, 6) is 1.33. The molecule has 0 bridgehead atoms. The Balaban J connectivity index is 0.000000145. The van der Waals surface area contributed by atoms with Crippen LogP contribution in [0.5, 0.6) is 0 Å². The average molecular weight is 1610 g/mol. The van der Waals surface area contributed by atoms with Crippen LogP contribution in [0.15, 0.2) is 425 Å². The maximum absolute atomic E-state index is 5.49. The Hall–Kier alpha value is -16.0. The zero-order chi connectivity index (χ0) is 84.1. The van der Waals surface area contributed by atoms with E-state index in [-0.39, 0.29) is 10.8 Å². The lowest BCUT2D eigenvalue weighted by atomic mass is 9.82. The molecule has 126 heavy (non-hydrogen) atoms. The molecule has 0 saturated carbocycles. The summed E-state index contributed by atoms with van der Waals surface area (Å²) in [7, 11) is 0. The van der Waals surface area contributed by atoms with E-state index in [0.29, 0.717) is 11.6 Å². The van der Waals surface area contributed by atoms with E-state index in [1.807, 2.05) is 0 Å². The molecule has 22 aromatic rings. The van der Waals surface area contributed by atoms with E-state index >= 15 is 0 Å². The maximum Gasteiger partial charge on any atom is 0.160 e. The summed E-state index contributed by atoms with van der Waals surface area (Å²) in [6.45, 7) is 9.33. The van der Waals surface area contributed by atoms with Gasteiger partial charge in [0, 0.05) is 66.1 Å². The summed E-state index contributed by atoms with van der Waals surface area (Å²) in [5, 5.41) is 11.6. The molecule has 0 unspecified atom stereocenters. The van der Waals surface area contributed by atoms with E-state index in [0.717, 1.165) is 161 Å². The lowest BCUT2D eigenvalue weighted by Crippen LogP contribution is -2.14. The normalized spacial score (nSPS) is 12.7. The molecule has 0 N–H and O–H groups in total. The maximum atomic E-state index is 5.49. The van der Waals surface area contributed by atoms with Crippen LogP contribution in [0.4, 0.5) is 0 Å². The number of aromatic nitrogens is 6. The van der Waals surface area contributed by atoms with Crippen molar-refractivity contribution < 1.29 is 0 Å². The van der Waals surface area contributed by atoms with Crippen molar-refractivity contribution >= 4 is 64.9 Å². The quantitative estimate of drug-likeness (QED) is 0.121. The van der Waals surface area contributed by atoms with Crippen molar-refractivity contribution in [1.82, 2.24) is 29.9 Å². The number of pyridine rings is 2. The standard InChI is InChI=1S/2C60H41N3/c1-60(2)53-30-14-13-27-47(53)51-34-52-50(35-55(41-21-7-4-8-22-41)61-56(52)36-54(51)60)43-31-42(38-17-5-3-6-18-38)32-44(33-43)59-62-57(48-28-15-23-39-19-9-11-25-45(39)48)37-58(63-59)49-29-16-24-40-20-10-12-26-46(40)49;1-60(2)53-27-14-13-25-48(53)51-34-52-50(35-55(41-20-7-4-8-21-41)61-57(52)36-54(51)60)45-31-44(38-16-5-3-6-17-38)32-46(33-45)59-62-56(43-29-28-39-18-9-10-22-42(39)30-43)37-58(63-59)49-26-15-23-40-19-11-12-24-47(40)49/h2*3-37H,1-2H3. The van der Waals surface area contributed by atoms with Crippen molar-refractivity contribution in [3.8, 4) is 157 Å². The lowest BCUT2D eigenvalue weighted by Gasteiger charge is -2.22. The fourth-order valence-electron chi connectivity index (χ4n) is 19.7. The molecule has 24 rings (SSSR count). The minimum absolute atomic E-state index is 0.152. The number of hydrogen-bond acceptors (Lipinski definition) is 6. The fraction of sp³-hybridized carbons (Fsp3) is 0.0500. The molecule has 0 fully saturated rings. The van der Waals surface area contributed by atoms with Crippen LogP contribution >= 0.6 is 0 Å². The lowest BCUT2D eigenvalue weighted by molar-refractivity contribution is 0.661. The largest absolute Gasteiger partial charge is 0.248 e. The average Bonchev–Trinajstić information content (AvgIpc) is 1.55. The third kappa shape index (κ3) is 13.3. The second-order valence-electron chi connectivity index (χ2n) is 34.4. The Bertz CT molecular complexity index is 8010. The first-order valence-corrected chi connectivity index (χ1v) is 43.3. The van der Waals surface area contributed by atoms with E-state index in [1.165, 1.54) is 71.4 Å². The molecule has 0 aliphatic heterocycles. The Morgan fingerprint density at radius 1 is 0.151 bits per heavy atom. The van der Waals surface area contributed by atoms with Gasteiger partial charge in [0.1, 0.15) is 0 Å². The molecule has 4 aromatic heterocycles. The predicted molar refractivity (Wildman–Crippen MR) is 525 cm³/mol. The van der Waals surface area contributed by atoms with Crippen molar-refractivity contribution in [1.29, 1.82) is 0 Å². The minimum atomic E-state index is -0.153. The Labute approximate surface area is 732 Å². The van der Waals surface area contributed by atoms with Crippen LogP contribution in [-0.2, 0) is 10.8 Å². The second kappa shape index (κ2) is 30.5. The van der Waals surface area contributed by atoms with Crippen LogP contribution in [0.1, 0.15) is 49.9 Å². The zero-order valence-corrected chi connectivity index (χ0v) is 70.1. The summed E-state index contributed by atoms with van der Waals surface area (Å²) in [5.41, 5.74) is 34.5. The molecule has 4 heterocycles. The third-order valence-corrected chi connectivity index (χ3v) is 26.1. The predicted octanol–water partition coefficient (Wildman–Crippen LogP) is 31.3. The summed E-state index contributed by atoms with van der Waals surface area (Å²) in [6, 6.07) is 152. The smallest absolute Gasteiger partial charge is 0.160 e. The van der Waals surface area contributed by atoms with Crippen LogP contribution < -0.4 is 0 Å². The van der Waals surface area contributed by atoms with Crippen molar-refractivity contribution in [2.45, 2.75) is 38.5 Å². The first-order valence-electron chi connectivity index (χ1n) is 43.3. The van der Waals surface area contributed by atoms with Gasteiger partial charge in [0.15, 0.2) is 11.6 Å². The molecule has 592 valence electrons. The summed E-state index contributed by atoms with van der Waals surface area (Å²) in [4.78, 5) is 32.7. The van der Waals surface area contributed by atoms with Gasteiger partial charge in [-0.05, 0) is 223 Å². The molecular weight excluding hydrogens is 1530 g/mol. The topological polar surface area (TPSA) is 77.3 Å². The van der Waals surface area contributed by atoms with Gasteiger partial charge in [0.25, 0.3) is 0 Å². The van der Waals surface area contributed by atoms with Crippen LogP contribution in [0.25, 0.3) is 222 Å². The summed E-state index contributed by atoms with van der Waals surface area (Å²) in [6.07, 6.45) is 0. The molecule has 0 saturated heterocycles. The van der Waals surface area contributed by atoms with Crippen LogP contribution in [0.3, 0.4) is 0 Å². The SMILES string of the molecule is CC1(C)c2ccccc2-c2cc3c(-c4cc(-c5ccccc5)cc(-c5nc(-c6ccc7ccccc7c6)cc(-c6cccc7ccccc67)n5)c4)cc(-c4ccccc4)nc3cc21.CC1(C)c2ccccc2-c2cc3c(-c4cc(-c5ccccc5)cc(-c5nc(-c6cccc7ccccc67)cc(-c6cccc7ccccc67)n5)c4)cc(-c4ccccc4)nc3cc21. The van der Waals surface area contributed by atoms with Gasteiger partial charge in [0.05, 0.1) is 45.2 Å². The van der Waals surface area contributed by atoms with Crippen molar-refractivity contribution in [2.75, 3.05) is 0 Å². The molecule has 0 amide bonds. The van der Waals surface area contributed by atoms with Gasteiger partial charge in [-0.15, -0.1) is 0 Å². The molecule has 0 spiro atoms. The second-order valence-corrected chi connectivity index (χ2v) is 34.4. The van der Waals surface area contributed by atoms with E-state index in [4.69, 9.17) is 29.9 Å². The first kappa shape index (κ1) is 75.0. The highest BCUT2D eigenvalue weighted by Crippen LogP contribution is 2.54. The molecular formula is C120H82N6. The molecule has 2 aliphatic rings. The van der Waals surface area contributed by atoms with Gasteiger partial charge in [-0.3, -0.25) is 0 Å². The monoisotopic (exact) mass is 1610 g/mol. The van der Waals surface area contributed by atoms with E-state index in [9.17, 15) is 0 Å². The van der Waals surface area contributed by atoms with Gasteiger partial charge in [-0.2, -0.15) is 0 Å². The summed E-state index contributed by atoms with van der Waals surface area (Å²) < 4.78 is 0. The summed E-state index contributed by atoms with van der Waals surface area (Å²) >= 11 is 0. The molecule has 0 atom stereocenters. The van der Waals surface area contributed by atoms with Gasteiger partial charge >= 0.3 is 0 Å². The van der Waals surface area contributed by atoms with E-state index in [1.54, 1.807) is 0 Å². The number of rotatable bonds is 12. The van der Waals surface area contributed by atoms with Crippen LogP contribution in [0, 0.1) is 0 Å². The highest BCUT2D eigenvalue weighted by molar-refractivity contribution is 6.07. The van der Waals surface area contributed by atoms with Gasteiger partial charge in [-0.25, -0.2) is 29.9 Å². The molecule has 0 radical (unpaired) electrons. The number of nitrogens with zero attached hydrogens (tertiary/aromatic N) is 6. The third-order valence-electron chi connectivity index (χ3n) is 26.1. The Morgan fingerprint density at radius 3 is 0.897 bits per heavy atom. The van der Waals surface area contributed by atoms with E-state index in [2.05, 4.69) is 452 Å². The van der Waals surface area contributed by atoms with Gasteiger partial charge in [0.2, 0.25) is 0 Å². The number of fused-ring (bicyclic) bond motifs is 12. The molecule has 6 heteroatoms. The molecule has 2 aliphatic carbocycles. The highest BCUT2D eigenvalue weighted by Gasteiger charge is 2.38. The Kier molecular flexibility index (Phi) is 18.2. The molecule has 6 nitrogen and oxygen atoms in total. The first-order chi connectivity index (χ1) is 61.9. The van der Waals surface area contributed by atoms with Crippen molar-refractivity contribution in [3.63, 3.8) is 0 Å². The zero-order valence-electron chi connectivity index (χ0n) is 70.1. The van der Waals surface area contributed by atoms with Crippen LogP contribution in [0.2, 0.25) is 0 Å². The van der Waals surface area contributed by atoms with Crippen molar-refractivity contribution in [3.05, 3.63) is 447 Å². The van der Waals surface area contributed by atoms with E-state index < -0.39 is 0 Å². The van der Waals surface area contributed by atoms with Crippen molar-refractivity contribution in [2.24, 2.45) is 0 Å². The van der Waals surface area contributed by atoms with Crippen LogP contribution in [-0.4, -0.2) is 29.9 Å².